The lowest BCUT2D eigenvalue weighted by atomic mass is 9.83. The van der Waals surface area contributed by atoms with Crippen molar-refractivity contribution in [3.63, 3.8) is 0 Å². The van der Waals surface area contributed by atoms with Crippen LogP contribution in [0.2, 0.25) is 0 Å². The van der Waals surface area contributed by atoms with Gasteiger partial charge in [-0.25, -0.2) is 0 Å². The Bertz CT molecular complexity index is 123. The smallest absolute Gasteiger partial charge is 0.0518 e. The van der Waals surface area contributed by atoms with E-state index in [1.54, 1.807) is 0 Å². The van der Waals surface area contributed by atoms with Gasteiger partial charge in [0.25, 0.3) is 0 Å². The third-order valence-corrected chi connectivity index (χ3v) is 2.39. The molecule has 0 spiro atoms. The Hall–Kier alpha value is -0.0800. The highest BCUT2D eigenvalue weighted by atomic mass is 16.5. The molecule has 0 aromatic rings. The number of aliphatic hydroxyl groups excluding tert-OH is 1. The minimum absolute atomic E-state index is 0.0592. The van der Waals surface area contributed by atoms with E-state index in [4.69, 9.17) is 4.74 Å². The zero-order valence-corrected chi connectivity index (χ0v) is 9.47. The van der Waals surface area contributed by atoms with Crippen LogP contribution in [0.3, 0.4) is 0 Å². The summed E-state index contributed by atoms with van der Waals surface area (Å²) in [6.45, 7) is 9.38. The second-order valence-corrected chi connectivity index (χ2v) is 4.39. The predicted molar refractivity (Wildman–Crippen MR) is 55.8 cm³/mol. The molecule has 0 aliphatic heterocycles. The summed E-state index contributed by atoms with van der Waals surface area (Å²) in [6.07, 6.45) is 3.45. The van der Waals surface area contributed by atoms with Gasteiger partial charge in [-0.05, 0) is 32.1 Å². The van der Waals surface area contributed by atoms with Crippen molar-refractivity contribution in [3.8, 4) is 0 Å². The molecule has 2 nitrogen and oxygen atoms in total. The van der Waals surface area contributed by atoms with Gasteiger partial charge >= 0.3 is 0 Å². The molecule has 80 valence electrons. The first-order valence-corrected chi connectivity index (χ1v) is 5.26. The summed E-state index contributed by atoms with van der Waals surface area (Å²) in [5.74, 6) is 0. The van der Waals surface area contributed by atoms with Gasteiger partial charge in [0.2, 0.25) is 0 Å². The van der Waals surface area contributed by atoms with Crippen LogP contribution in [-0.4, -0.2) is 24.4 Å². The summed E-state index contributed by atoms with van der Waals surface area (Å²) in [5, 5.41) is 9.23. The van der Waals surface area contributed by atoms with Crippen LogP contribution in [0.4, 0.5) is 0 Å². The molecule has 1 unspecified atom stereocenters. The Balaban J connectivity index is 3.69. The van der Waals surface area contributed by atoms with Crippen molar-refractivity contribution in [1.82, 2.24) is 0 Å². The zero-order valence-electron chi connectivity index (χ0n) is 9.47. The second kappa shape index (κ2) is 6.39. The summed E-state index contributed by atoms with van der Waals surface area (Å²) in [5.41, 5.74) is 0.0592. The van der Waals surface area contributed by atoms with Crippen LogP contribution < -0.4 is 0 Å². The molecule has 0 radical (unpaired) electrons. The molecular weight excluding hydrogens is 164 g/mol. The minimum Gasteiger partial charge on any atom is -0.396 e. The Morgan fingerprint density at radius 2 is 1.92 bits per heavy atom. The van der Waals surface area contributed by atoms with Gasteiger partial charge < -0.3 is 9.84 Å². The predicted octanol–water partition coefficient (Wildman–Crippen LogP) is 2.60. The number of rotatable bonds is 7. The molecule has 13 heavy (non-hydrogen) atoms. The fourth-order valence-electron chi connectivity index (χ4n) is 1.43. The fraction of sp³-hybridized carbons (Fsp3) is 1.00. The van der Waals surface area contributed by atoms with Gasteiger partial charge in [0.05, 0.1) is 6.10 Å². The van der Waals surface area contributed by atoms with Crippen LogP contribution in [0.5, 0.6) is 0 Å². The number of hydrogen-bond donors (Lipinski definition) is 1. The molecule has 0 amide bonds. The van der Waals surface area contributed by atoms with Gasteiger partial charge in [0.1, 0.15) is 0 Å². The van der Waals surface area contributed by atoms with E-state index in [9.17, 15) is 5.11 Å². The molecule has 0 aliphatic carbocycles. The third-order valence-electron chi connectivity index (χ3n) is 2.39. The highest BCUT2D eigenvalue weighted by molar-refractivity contribution is 4.72. The van der Waals surface area contributed by atoms with Crippen molar-refractivity contribution < 1.29 is 9.84 Å². The van der Waals surface area contributed by atoms with Crippen molar-refractivity contribution in [2.75, 3.05) is 13.2 Å². The van der Waals surface area contributed by atoms with Gasteiger partial charge in [-0.2, -0.15) is 0 Å². The number of aliphatic hydroxyl groups is 1. The highest BCUT2D eigenvalue weighted by Gasteiger charge is 2.21. The largest absolute Gasteiger partial charge is 0.396 e. The van der Waals surface area contributed by atoms with Crippen LogP contribution in [0, 0.1) is 5.41 Å². The van der Waals surface area contributed by atoms with E-state index in [1.165, 1.54) is 0 Å². The Kier molecular flexibility index (Phi) is 6.35. The molecule has 0 saturated carbocycles. The minimum atomic E-state index is 0.0592. The molecule has 1 N–H and O–H groups in total. The SMILES string of the molecule is CCCC(C)(CO)CCOC(C)C. The van der Waals surface area contributed by atoms with Crippen LogP contribution >= 0.6 is 0 Å². The molecule has 0 fully saturated rings. The van der Waals surface area contributed by atoms with E-state index in [0.717, 1.165) is 25.9 Å². The first-order valence-electron chi connectivity index (χ1n) is 5.26. The Morgan fingerprint density at radius 1 is 1.31 bits per heavy atom. The molecular formula is C11H24O2. The van der Waals surface area contributed by atoms with E-state index < -0.39 is 0 Å². The maximum Gasteiger partial charge on any atom is 0.0518 e. The topological polar surface area (TPSA) is 29.5 Å². The standard InChI is InChI=1S/C11H24O2/c1-5-6-11(4,9-12)7-8-13-10(2)3/h10,12H,5-9H2,1-4H3. The summed E-state index contributed by atoms with van der Waals surface area (Å²) >= 11 is 0. The second-order valence-electron chi connectivity index (χ2n) is 4.39. The van der Waals surface area contributed by atoms with E-state index in [0.29, 0.717) is 6.10 Å². The molecule has 0 aliphatic rings. The summed E-state index contributed by atoms with van der Waals surface area (Å²) < 4.78 is 5.47. The molecule has 0 bridgehead atoms. The highest BCUT2D eigenvalue weighted by Crippen LogP contribution is 2.26. The van der Waals surface area contributed by atoms with Gasteiger partial charge in [0.15, 0.2) is 0 Å². The zero-order chi connectivity index (χ0) is 10.3. The first-order chi connectivity index (χ1) is 6.04. The lowest BCUT2D eigenvalue weighted by molar-refractivity contribution is 0.0330. The van der Waals surface area contributed by atoms with Crippen LogP contribution in [0.25, 0.3) is 0 Å². The molecule has 0 aromatic carbocycles. The van der Waals surface area contributed by atoms with Crippen LogP contribution in [0.15, 0.2) is 0 Å². The molecule has 1 atom stereocenters. The quantitative estimate of drug-likeness (QED) is 0.665. The Morgan fingerprint density at radius 3 is 2.31 bits per heavy atom. The summed E-state index contributed by atoms with van der Waals surface area (Å²) in [7, 11) is 0. The average Bonchev–Trinajstić information content (AvgIpc) is 2.04. The molecule has 0 rings (SSSR count). The monoisotopic (exact) mass is 188 g/mol. The van der Waals surface area contributed by atoms with Gasteiger partial charge in [-0.15, -0.1) is 0 Å². The normalized spacial score (nSPS) is 16.2. The first kappa shape index (κ1) is 12.9. The average molecular weight is 188 g/mol. The van der Waals surface area contributed by atoms with E-state index in [-0.39, 0.29) is 12.0 Å². The third kappa shape index (κ3) is 6.05. The van der Waals surface area contributed by atoms with Crippen molar-refractivity contribution in [3.05, 3.63) is 0 Å². The van der Waals surface area contributed by atoms with Crippen molar-refractivity contribution in [2.45, 2.75) is 53.1 Å². The summed E-state index contributed by atoms with van der Waals surface area (Å²) in [4.78, 5) is 0. The molecule has 0 saturated heterocycles. The maximum atomic E-state index is 9.23. The van der Waals surface area contributed by atoms with E-state index in [2.05, 4.69) is 13.8 Å². The van der Waals surface area contributed by atoms with Gasteiger partial charge in [0, 0.05) is 13.2 Å². The number of ether oxygens (including phenoxy) is 1. The lowest BCUT2D eigenvalue weighted by Gasteiger charge is -2.27. The molecule has 0 aromatic heterocycles. The van der Waals surface area contributed by atoms with Crippen molar-refractivity contribution >= 4 is 0 Å². The van der Waals surface area contributed by atoms with Crippen molar-refractivity contribution in [2.24, 2.45) is 5.41 Å². The lowest BCUT2D eigenvalue weighted by Crippen LogP contribution is -2.24. The number of hydrogen-bond acceptors (Lipinski definition) is 2. The van der Waals surface area contributed by atoms with Crippen LogP contribution in [-0.2, 0) is 4.74 Å². The fourth-order valence-corrected chi connectivity index (χ4v) is 1.43. The van der Waals surface area contributed by atoms with E-state index in [1.807, 2.05) is 13.8 Å². The molecule has 0 heterocycles. The van der Waals surface area contributed by atoms with Crippen LogP contribution in [0.1, 0.15) is 47.0 Å². The molecule has 2 heteroatoms. The van der Waals surface area contributed by atoms with E-state index >= 15 is 0 Å². The van der Waals surface area contributed by atoms with Crippen molar-refractivity contribution in [1.29, 1.82) is 0 Å². The maximum absolute atomic E-state index is 9.23. The Labute approximate surface area is 82.3 Å². The van der Waals surface area contributed by atoms with Gasteiger partial charge in [-0.3, -0.25) is 0 Å². The summed E-state index contributed by atoms with van der Waals surface area (Å²) in [6, 6.07) is 0. The van der Waals surface area contributed by atoms with Gasteiger partial charge in [-0.1, -0.05) is 20.3 Å².